The number of anilines is 1. The first kappa shape index (κ1) is 17.7. The van der Waals surface area contributed by atoms with Crippen molar-refractivity contribution in [2.45, 2.75) is 43.9 Å². The maximum Gasteiger partial charge on any atom is 0.416 e. The zero-order chi connectivity index (χ0) is 16.4. The predicted octanol–water partition coefficient (Wildman–Crippen LogP) is 3.58. The molecule has 0 aliphatic rings. The molecule has 1 unspecified atom stereocenters. The molecular weight excluding hydrogens is 303 g/mol. The van der Waals surface area contributed by atoms with Gasteiger partial charge in [0.2, 0.25) is 5.91 Å². The van der Waals surface area contributed by atoms with Gasteiger partial charge in [0.25, 0.3) is 0 Å². The van der Waals surface area contributed by atoms with E-state index in [-0.39, 0.29) is 10.9 Å². The van der Waals surface area contributed by atoms with E-state index >= 15 is 0 Å². The molecule has 1 aromatic carbocycles. The van der Waals surface area contributed by atoms with Gasteiger partial charge in [0.15, 0.2) is 0 Å². The summed E-state index contributed by atoms with van der Waals surface area (Å²) >= 11 is 0. The van der Waals surface area contributed by atoms with E-state index in [4.69, 9.17) is 0 Å². The van der Waals surface area contributed by atoms with Crippen LogP contribution in [0.15, 0.2) is 24.3 Å². The average molecular weight is 321 g/mol. The fourth-order valence-corrected chi connectivity index (χ4v) is 3.12. The molecular formula is C14H18F3NO2S. The highest BCUT2D eigenvalue weighted by molar-refractivity contribution is 7.87. The van der Waals surface area contributed by atoms with E-state index in [2.05, 4.69) is 5.32 Å². The van der Waals surface area contributed by atoms with Gasteiger partial charge in [-0.2, -0.15) is 13.2 Å². The molecule has 1 amide bonds. The van der Waals surface area contributed by atoms with Gasteiger partial charge in [-0.05, 0) is 38.1 Å². The zero-order valence-electron chi connectivity index (χ0n) is 12.2. The number of carbonyl (C=O) groups is 1. The number of carbonyl (C=O) groups excluding carboxylic acids is 1. The van der Waals surface area contributed by atoms with Gasteiger partial charge in [0, 0.05) is 21.7 Å². The van der Waals surface area contributed by atoms with Gasteiger partial charge in [-0.25, -0.2) is 0 Å². The Balaban J connectivity index is 2.87. The molecule has 21 heavy (non-hydrogen) atoms. The van der Waals surface area contributed by atoms with E-state index < -0.39 is 33.2 Å². The van der Waals surface area contributed by atoms with Crippen LogP contribution in [0, 0.1) is 0 Å². The van der Waals surface area contributed by atoms with Crippen LogP contribution in [0.4, 0.5) is 18.9 Å². The third-order valence-electron chi connectivity index (χ3n) is 2.95. The minimum atomic E-state index is -4.42. The van der Waals surface area contributed by atoms with Crippen LogP contribution in [0.3, 0.4) is 0 Å². The van der Waals surface area contributed by atoms with E-state index in [1.54, 1.807) is 27.7 Å². The molecule has 0 heterocycles. The molecule has 7 heteroatoms. The Morgan fingerprint density at radius 1 is 1.14 bits per heavy atom. The fourth-order valence-electron chi connectivity index (χ4n) is 1.70. The molecule has 0 bridgehead atoms. The van der Waals surface area contributed by atoms with Gasteiger partial charge in [-0.1, -0.05) is 13.8 Å². The number of alkyl halides is 3. The zero-order valence-corrected chi connectivity index (χ0v) is 13.1. The first-order valence-corrected chi connectivity index (χ1v) is 7.57. The number of nitrogens with one attached hydrogen (secondary N) is 1. The van der Waals surface area contributed by atoms with E-state index in [9.17, 15) is 22.2 Å². The molecule has 0 aliphatic heterocycles. The van der Waals surface area contributed by atoms with Crippen molar-refractivity contribution in [3.8, 4) is 0 Å². The second kappa shape index (κ2) is 6.17. The monoisotopic (exact) mass is 321 g/mol. The molecule has 0 fully saturated rings. The third-order valence-corrected chi connectivity index (χ3v) is 5.00. The highest BCUT2D eigenvalue weighted by atomic mass is 32.2. The summed E-state index contributed by atoms with van der Waals surface area (Å²) in [7, 11) is -1.40. The summed E-state index contributed by atoms with van der Waals surface area (Å²) in [5.41, 5.74) is -0.549. The van der Waals surface area contributed by atoms with Crippen LogP contribution < -0.4 is 5.32 Å². The number of hydrogen-bond donors (Lipinski definition) is 1. The number of amides is 1. The summed E-state index contributed by atoms with van der Waals surface area (Å²) in [5, 5.41) is 2.30. The smallest absolute Gasteiger partial charge is 0.325 e. The molecule has 0 radical (unpaired) electrons. The van der Waals surface area contributed by atoms with Crippen molar-refractivity contribution in [1.29, 1.82) is 0 Å². The molecule has 0 aromatic heterocycles. The number of benzene rings is 1. The molecule has 1 N–H and O–H groups in total. The fraction of sp³-hybridized carbons (Fsp3) is 0.500. The maximum atomic E-state index is 12.4. The van der Waals surface area contributed by atoms with Gasteiger partial charge >= 0.3 is 6.18 Å². The third kappa shape index (κ3) is 4.30. The van der Waals surface area contributed by atoms with Gasteiger partial charge in [0.1, 0.15) is 4.75 Å². The molecule has 118 valence electrons. The second-order valence-corrected chi connectivity index (χ2v) is 7.94. The lowest BCUT2D eigenvalue weighted by Gasteiger charge is -2.25. The van der Waals surface area contributed by atoms with Crippen LogP contribution in [-0.2, 0) is 21.8 Å². The Kier molecular flexibility index (Phi) is 5.20. The summed E-state index contributed by atoms with van der Waals surface area (Å²) in [6, 6.07) is 4.13. The van der Waals surface area contributed by atoms with Gasteiger partial charge < -0.3 is 5.32 Å². The summed E-state index contributed by atoms with van der Waals surface area (Å²) in [4.78, 5) is 12.1. The van der Waals surface area contributed by atoms with Crippen LogP contribution in [-0.4, -0.2) is 20.1 Å². The molecule has 0 aliphatic carbocycles. The highest BCUT2D eigenvalue weighted by Crippen LogP contribution is 2.30. The lowest BCUT2D eigenvalue weighted by Crippen LogP contribution is -2.43. The number of rotatable bonds is 4. The van der Waals surface area contributed by atoms with E-state index in [1.165, 1.54) is 12.1 Å². The first-order chi connectivity index (χ1) is 9.46. The highest BCUT2D eigenvalue weighted by Gasteiger charge is 2.36. The Morgan fingerprint density at radius 3 is 2.00 bits per heavy atom. The normalized spacial score (nSPS) is 14.1. The Bertz CT molecular complexity index is 536. The van der Waals surface area contributed by atoms with E-state index in [1.807, 2.05) is 0 Å². The number of hydrogen-bond acceptors (Lipinski definition) is 2. The van der Waals surface area contributed by atoms with Crippen molar-refractivity contribution in [3.05, 3.63) is 29.8 Å². The predicted molar refractivity (Wildman–Crippen MR) is 77.4 cm³/mol. The molecule has 1 atom stereocenters. The van der Waals surface area contributed by atoms with Crippen molar-refractivity contribution in [2.75, 3.05) is 5.32 Å². The van der Waals surface area contributed by atoms with Gasteiger partial charge in [-0.15, -0.1) is 0 Å². The Hall–Kier alpha value is -1.37. The summed E-state index contributed by atoms with van der Waals surface area (Å²) in [5.74, 6) is -0.491. The molecule has 3 nitrogen and oxygen atoms in total. The SMILES string of the molecule is CC(C)S(=O)C(C)(C)C(=O)Nc1ccc(C(F)(F)F)cc1. The largest absolute Gasteiger partial charge is 0.416 e. The lowest BCUT2D eigenvalue weighted by molar-refractivity contribution is -0.137. The van der Waals surface area contributed by atoms with Crippen molar-refractivity contribution in [2.24, 2.45) is 0 Å². The summed E-state index contributed by atoms with van der Waals surface area (Å²) in [6.45, 7) is 6.57. The minimum absolute atomic E-state index is 0.196. The average Bonchev–Trinajstić information content (AvgIpc) is 2.37. The topological polar surface area (TPSA) is 46.2 Å². The van der Waals surface area contributed by atoms with Crippen molar-refractivity contribution in [3.63, 3.8) is 0 Å². The maximum absolute atomic E-state index is 12.4. The van der Waals surface area contributed by atoms with Crippen LogP contribution in [0.25, 0.3) is 0 Å². The minimum Gasteiger partial charge on any atom is -0.325 e. The molecule has 0 saturated carbocycles. The Labute approximate surface area is 124 Å². The number of halogens is 3. The molecule has 0 saturated heterocycles. The second-order valence-electron chi connectivity index (χ2n) is 5.39. The van der Waals surface area contributed by atoms with Crippen LogP contribution in [0.2, 0.25) is 0 Å². The van der Waals surface area contributed by atoms with Crippen LogP contribution in [0.1, 0.15) is 33.3 Å². The Morgan fingerprint density at radius 2 is 1.62 bits per heavy atom. The van der Waals surface area contributed by atoms with Gasteiger partial charge in [-0.3, -0.25) is 9.00 Å². The quantitative estimate of drug-likeness (QED) is 0.921. The van der Waals surface area contributed by atoms with E-state index in [0.29, 0.717) is 0 Å². The van der Waals surface area contributed by atoms with Crippen molar-refractivity contribution < 1.29 is 22.2 Å². The van der Waals surface area contributed by atoms with Crippen molar-refractivity contribution >= 4 is 22.4 Å². The standard InChI is InChI=1S/C14H18F3NO2S/c1-9(2)21(20)13(3,4)12(19)18-11-7-5-10(6-8-11)14(15,16)17/h5-9H,1-4H3,(H,18,19). The first-order valence-electron chi connectivity index (χ1n) is 6.35. The molecule has 1 rings (SSSR count). The van der Waals surface area contributed by atoms with Crippen molar-refractivity contribution in [1.82, 2.24) is 0 Å². The van der Waals surface area contributed by atoms with E-state index in [0.717, 1.165) is 12.1 Å². The molecule has 1 aromatic rings. The molecule has 0 spiro atoms. The summed E-state index contributed by atoms with van der Waals surface area (Å²) in [6.07, 6.45) is -4.42. The van der Waals surface area contributed by atoms with Crippen LogP contribution in [0.5, 0.6) is 0 Å². The van der Waals surface area contributed by atoms with Gasteiger partial charge in [0.05, 0.1) is 5.56 Å². The lowest BCUT2D eigenvalue weighted by atomic mass is 10.1. The van der Waals surface area contributed by atoms with Crippen LogP contribution >= 0.6 is 0 Å². The summed E-state index contributed by atoms with van der Waals surface area (Å²) < 4.78 is 48.3.